The summed E-state index contributed by atoms with van der Waals surface area (Å²) in [5.74, 6) is -3.74. The molecule has 3 rings (SSSR count). The van der Waals surface area contributed by atoms with Gasteiger partial charge in [0, 0.05) is 44.3 Å². The Hall–Kier alpha value is -2.91. The molecule has 9 heteroatoms. The van der Waals surface area contributed by atoms with Crippen LogP contribution in [0.1, 0.15) is 31.2 Å². The normalized spacial score (nSPS) is 19.6. The highest BCUT2D eigenvalue weighted by Crippen LogP contribution is 2.49. The number of likely N-dealkylation sites (tertiary alicyclic amines) is 1. The average Bonchev–Trinajstić information content (AvgIpc) is 3.63. The smallest absolute Gasteiger partial charge is 0.238 e. The Balaban J connectivity index is 1.62. The molecular formula is C26H33F3N4O2. The van der Waals surface area contributed by atoms with Gasteiger partial charge in [0.15, 0.2) is 11.6 Å². The molecule has 1 unspecified atom stereocenters. The summed E-state index contributed by atoms with van der Waals surface area (Å²) in [5.41, 5.74) is 11.6. The molecule has 1 saturated heterocycles. The highest BCUT2D eigenvalue weighted by molar-refractivity contribution is 6.07. The maximum atomic E-state index is 14.1. The molecule has 1 atom stereocenters. The zero-order valence-electron chi connectivity index (χ0n) is 20.0. The second-order valence-corrected chi connectivity index (χ2v) is 9.62. The van der Waals surface area contributed by atoms with Gasteiger partial charge in [0.25, 0.3) is 0 Å². The molecule has 35 heavy (non-hydrogen) atoms. The second kappa shape index (κ2) is 10.4. The third-order valence-corrected chi connectivity index (χ3v) is 7.18. The van der Waals surface area contributed by atoms with E-state index < -0.39 is 34.4 Å². The first-order chi connectivity index (χ1) is 16.5. The zero-order chi connectivity index (χ0) is 26.0. The third-order valence-electron chi connectivity index (χ3n) is 7.18. The predicted molar refractivity (Wildman–Crippen MR) is 129 cm³/mol. The van der Waals surface area contributed by atoms with E-state index in [1.165, 1.54) is 4.90 Å². The fraction of sp³-hybridized carbons (Fsp3) is 0.462. The molecule has 0 aromatic heterocycles. The molecule has 1 heterocycles. The van der Waals surface area contributed by atoms with Gasteiger partial charge in [0.2, 0.25) is 11.8 Å². The van der Waals surface area contributed by atoms with Crippen molar-refractivity contribution in [3.8, 4) is 0 Å². The first-order valence-corrected chi connectivity index (χ1v) is 11.6. The van der Waals surface area contributed by atoms with Crippen LogP contribution >= 0.6 is 0 Å². The number of carbonyl (C=O) groups is 2. The van der Waals surface area contributed by atoms with Gasteiger partial charge in [0.1, 0.15) is 11.2 Å². The minimum absolute atomic E-state index is 0.0466. The van der Waals surface area contributed by atoms with E-state index in [1.54, 1.807) is 30.2 Å². The average molecular weight is 491 g/mol. The first-order valence-electron chi connectivity index (χ1n) is 11.6. The van der Waals surface area contributed by atoms with Crippen molar-refractivity contribution in [1.29, 1.82) is 0 Å². The Labute approximate surface area is 204 Å². The van der Waals surface area contributed by atoms with Gasteiger partial charge in [-0.1, -0.05) is 31.4 Å². The van der Waals surface area contributed by atoms with E-state index in [4.69, 9.17) is 11.5 Å². The van der Waals surface area contributed by atoms with Gasteiger partial charge in [-0.3, -0.25) is 9.59 Å². The van der Waals surface area contributed by atoms with Crippen molar-refractivity contribution in [2.75, 3.05) is 26.7 Å². The lowest BCUT2D eigenvalue weighted by Gasteiger charge is -2.43. The largest absolute Gasteiger partial charge is 0.342 e. The summed E-state index contributed by atoms with van der Waals surface area (Å²) in [6, 6.07) is 0.569. The van der Waals surface area contributed by atoms with Crippen LogP contribution in [0.5, 0.6) is 0 Å². The summed E-state index contributed by atoms with van der Waals surface area (Å²) in [5, 5.41) is 0. The van der Waals surface area contributed by atoms with Crippen LogP contribution in [-0.2, 0) is 16.0 Å². The fourth-order valence-electron chi connectivity index (χ4n) is 4.65. The molecule has 1 aromatic carbocycles. The molecule has 190 valence electrons. The Morgan fingerprint density at radius 3 is 2.26 bits per heavy atom. The summed E-state index contributed by atoms with van der Waals surface area (Å²) in [7, 11) is 1.66. The van der Waals surface area contributed by atoms with E-state index >= 15 is 0 Å². The molecule has 1 aliphatic carbocycles. The van der Waals surface area contributed by atoms with Crippen molar-refractivity contribution in [1.82, 2.24) is 9.80 Å². The van der Waals surface area contributed by atoms with Crippen LogP contribution in [0.25, 0.3) is 0 Å². The Morgan fingerprint density at radius 2 is 1.71 bits per heavy atom. The number of nitrogens with two attached hydrogens (primary N) is 2. The number of piperidine rings is 1. The number of carbonyl (C=O) groups excluding carboxylic acids is 2. The number of allylic oxidation sites excluding steroid dienone is 2. The Bertz CT molecular complexity index is 1040. The lowest BCUT2D eigenvalue weighted by Crippen LogP contribution is -2.62. The van der Waals surface area contributed by atoms with Crippen LogP contribution in [0, 0.1) is 22.9 Å². The van der Waals surface area contributed by atoms with Gasteiger partial charge in [-0.05, 0) is 49.3 Å². The second-order valence-electron chi connectivity index (χ2n) is 9.62. The van der Waals surface area contributed by atoms with Crippen LogP contribution < -0.4 is 11.5 Å². The standard InChI is InChI=1S/C26H33F3N4O2/c1-4-6-17(5-2)16-32(3)23(34)25(7-8-25)24(35)33-11-9-26(31,10-12-33)22(30)14-18-13-20(28)21(29)15-19(18)27/h4-6,13,15,22H,1-2,7-12,14,16,30-31H2,3H3/b17-6+. The molecule has 0 spiro atoms. The fourth-order valence-corrected chi connectivity index (χ4v) is 4.65. The van der Waals surface area contributed by atoms with Crippen molar-refractivity contribution in [2.45, 2.75) is 43.7 Å². The number of likely N-dealkylation sites (N-methyl/N-ethyl adjacent to an activating group) is 1. The number of benzene rings is 1. The monoisotopic (exact) mass is 490 g/mol. The van der Waals surface area contributed by atoms with Crippen molar-refractivity contribution in [3.05, 3.63) is 72.1 Å². The van der Waals surface area contributed by atoms with Gasteiger partial charge < -0.3 is 21.3 Å². The van der Waals surface area contributed by atoms with Crippen LogP contribution in [-0.4, -0.2) is 59.9 Å². The highest BCUT2D eigenvalue weighted by Gasteiger charge is 2.59. The summed E-state index contributed by atoms with van der Waals surface area (Å²) in [6.45, 7) is 8.32. The van der Waals surface area contributed by atoms with Crippen molar-refractivity contribution >= 4 is 11.8 Å². The topological polar surface area (TPSA) is 92.7 Å². The van der Waals surface area contributed by atoms with E-state index in [-0.39, 0.29) is 23.8 Å². The molecule has 2 amide bonds. The van der Waals surface area contributed by atoms with Crippen molar-refractivity contribution in [2.24, 2.45) is 16.9 Å². The number of hydrogen-bond donors (Lipinski definition) is 2. The molecule has 1 aliphatic heterocycles. The van der Waals surface area contributed by atoms with Gasteiger partial charge in [-0.2, -0.15) is 0 Å². The highest BCUT2D eigenvalue weighted by atomic mass is 19.2. The third kappa shape index (κ3) is 5.51. The molecule has 6 nitrogen and oxygen atoms in total. The van der Waals surface area contributed by atoms with E-state index in [0.29, 0.717) is 51.4 Å². The summed E-state index contributed by atoms with van der Waals surface area (Å²) in [4.78, 5) is 29.6. The molecule has 4 N–H and O–H groups in total. The molecule has 2 fully saturated rings. The maximum Gasteiger partial charge on any atom is 0.238 e. The SMILES string of the molecule is C=C/C=C(\C=C)CN(C)C(=O)C1(C(=O)N2CCC(N)(C(N)Cc3cc(F)c(F)cc3F)CC2)CC1. The molecule has 1 aromatic rings. The minimum atomic E-state index is -1.26. The maximum absolute atomic E-state index is 14.1. The van der Waals surface area contributed by atoms with Crippen molar-refractivity contribution < 1.29 is 22.8 Å². The number of nitrogens with zero attached hydrogens (tertiary/aromatic N) is 2. The first kappa shape index (κ1) is 26.7. The van der Waals surface area contributed by atoms with Gasteiger partial charge >= 0.3 is 0 Å². The molecule has 1 saturated carbocycles. The minimum Gasteiger partial charge on any atom is -0.342 e. The van der Waals surface area contributed by atoms with E-state index in [2.05, 4.69) is 13.2 Å². The number of halogens is 3. The number of hydrogen-bond acceptors (Lipinski definition) is 4. The van der Waals surface area contributed by atoms with Gasteiger partial charge in [0.05, 0.1) is 0 Å². The summed E-state index contributed by atoms with van der Waals surface area (Å²) < 4.78 is 40.8. The van der Waals surface area contributed by atoms with E-state index in [9.17, 15) is 22.8 Å². The van der Waals surface area contributed by atoms with Crippen LogP contribution in [0.3, 0.4) is 0 Å². The van der Waals surface area contributed by atoms with Crippen molar-refractivity contribution in [3.63, 3.8) is 0 Å². The zero-order valence-corrected chi connectivity index (χ0v) is 20.0. The lowest BCUT2D eigenvalue weighted by molar-refractivity contribution is -0.149. The summed E-state index contributed by atoms with van der Waals surface area (Å²) in [6.07, 6.45) is 6.62. The van der Waals surface area contributed by atoms with Crippen LogP contribution in [0.2, 0.25) is 0 Å². The number of rotatable bonds is 9. The molecule has 0 radical (unpaired) electrons. The van der Waals surface area contributed by atoms with Crippen LogP contribution in [0.4, 0.5) is 13.2 Å². The predicted octanol–water partition coefficient (Wildman–Crippen LogP) is 2.83. The van der Waals surface area contributed by atoms with Gasteiger partial charge in [-0.25, -0.2) is 13.2 Å². The van der Waals surface area contributed by atoms with E-state index in [0.717, 1.165) is 11.6 Å². The Morgan fingerprint density at radius 1 is 1.11 bits per heavy atom. The molecule has 0 bridgehead atoms. The van der Waals surface area contributed by atoms with Crippen LogP contribution in [0.15, 0.2) is 49.1 Å². The number of amides is 2. The quantitative estimate of drug-likeness (QED) is 0.316. The summed E-state index contributed by atoms with van der Waals surface area (Å²) >= 11 is 0. The Kier molecular flexibility index (Phi) is 7.91. The molecular weight excluding hydrogens is 457 g/mol. The van der Waals surface area contributed by atoms with Gasteiger partial charge in [-0.15, -0.1) is 0 Å². The molecule has 2 aliphatic rings. The van der Waals surface area contributed by atoms with E-state index in [1.807, 2.05) is 0 Å². The lowest BCUT2D eigenvalue weighted by atomic mass is 9.79.